The Morgan fingerprint density at radius 3 is 2.36 bits per heavy atom. The van der Waals surface area contributed by atoms with E-state index in [1.165, 1.54) is 0 Å². The molecule has 1 aliphatic heterocycles. The van der Waals surface area contributed by atoms with Crippen molar-refractivity contribution in [2.45, 2.75) is 32.2 Å². The van der Waals surface area contributed by atoms with Gasteiger partial charge in [-0.05, 0) is 6.92 Å². The van der Waals surface area contributed by atoms with Crippen LogP contribution in [0.3, 0.4) is 0 Å². The van der Waals surface area contributed by atoms with Crippen LogP contribution in [0.15, 0.2) is 0 Å². The molecule has 0 aromatic rings. The molecule has 4 nitrogen and oxygen atoms in total. The zero-order chi connectivity index (χ0) is 10.9. The summed E-state index contributed by atoms with van der Waals surface area (Å²) in [5.74, 6) is 0.0385. The third-order valence-electron chi connectivity index (χ3n) is 2.55. The van der Waals surface area contributed by atoms with E-state index in [-0.39, 0.29) is 18.1 Å². The van der Waals surface area contributed by atoms with Crippen molar-refractivity contribution < 1.29 is 18.9 Å². The molecule has 0 radical (unpaired) electrons. The van der Waals surface area contributed by atoms with E-state index in [1.807, 2.05) is 13.8 Å². The van der Waals surface area contributed by atoms with Crippen molar-refractivity contribution in [1.82, 2.24) is 0 Å². The smallest absolute Gasteiger partial charge is 0.197 e. The summed E-state index contributed by atoms with van der Waals surface area (Å²) < 4.78 is 22.0. The predicted molar refractivity (Wildman–Crippen MR) is 54.9 cm³/mol. The van der Waals surface area contributed by atoms with E-state index in [0.29, 0.717) is 6.61 Å². The third kappa shape index (κ3) is 3.06. The average molecular weight is 222 g/mol. The van der Waals surface area contributed by atoms with Crippen LogP contribution in [0.4, 0.5) is 0 Å². The fraction of sp³-hybridized carbons (Fsp3) is 1.00. The zero-order valence-electron chi connectivity index (χ0n) is 9.14. The van der Waals surface area contributed by atoms with Gasteiger partial charge in [-0.2, -0.15) is 0 Å². The molecule has 0 aromatic carbocycles. The van der Waals surface area contributed by atoms with Crippen LogP contribution < -0.4 is 0 Å². The Hall–Kier alpha value is 0.110. The molecule has 1 rings (SSSR count). The van der Waals surface area contributed by atoms with Crippen molar-refractivity contribution >= 4 is 7.37 Å². The Labute approximate surface area is 85.1 Å². The molecular weight excluding hydrogens is 203 g/mol. The maximum absolute atomic E-state index is 11.3. The Morgan fingerprint density at radius 2 is 2.00 bits per heavy atom. The lowest BCUT2D eigenvalue weighted by Gasteiger charge is -2.17. The van der Waals surface area contributed by atoms with Crippen LogP contribution in [0.5, 0.6) is 0 Å². The van der Waals surface area contributed by atoms with Crippen molar-refractivity contribution in [3.63, 3.8) is 0 Å². The minimum atomic E-state index is -2.45. The number of aliphatic hydroxyl groups excluding tert-OH is 1. The molecule has 84 valence electrons. The zero-order valence-corrected chi connectivity index (χ0v) is 10.0. The molecule has 1 unspecified atom stereocenters. The SMILES string of the molecule is CC1[C@@H](COP(C)(C)=O)O[C@@H](C)[C@H]1O. The topological polar surface area (TPSA) is 55.8 Å². The second kappa shape index (κ2) is 4.31. The number of aliphatic hydroxyl groups is 1. The van der Waals surface area contributed by atoms with Gasteiger partial charge in [-0.3, -0.25) is 4.57 Å². The van der Waals surface area contributed by atoms with Gasteiger partial charge in [0.25, 0.3) is 0 Å². The molecule has 0 bridgehead atoms. The summed E-state index contributed by atoms with van der Waals surface area (Å²) in [5, 5.41) is 9.62. The molecule has 0 spiro atoms. The maximum atomic E-state index is 11.3. The summed E-state index contributed by atoms with van der Waals surface area (Å²) in [5.41, 5.74) is 0. The number of ether oxygens (including phenoxy) is 1. The van der Waals surface area contributed by atoms with Crippen LogP contribution in [-0.4, -0.2) is 43.4 Å². The fourth-order valence-corrected chi connectivity index (χ4v) is 2.08. The van der Waals surface area contributed by atoms with E-state index < -0.39 is 13.5 Å². The molecule has 1 saturated heterocycles. The summed E-state index contributed by atoms with van der Waals surface area (Å²) >= 11 is 0. The fourth-order valence-electron chi connectivity index (χ4n) is 1.57. The van der Waals surface area contributed by atoms with Crippen molar-refractivity contribution in [3.05, 3.63) is 0 Å². The number of rotatable bonds is 3. The lowest BCUT2D eigenvalue weighted by Crippen LogP contribution is -2.25. The van der Waals surface area contributed by atoms with Crippen LogP contribution in [0.1, 0.15) is 13.8 Å². The summed E-state index contributed by atoms with van der Waals surface area (Å²) in [6, 6.07) is 0. The third-order valence-corrected chi connectivity index (χ3v) is 3.32. The second-order valence-corrected chi connectivity index (χ2v) is 7.04. The Morgan fingerprint density at radius 1 is 1.43 bits per heavy atom. The highest BCUT2D eigenvalue weighted by molar-refractivity contribution is 7.57. The molecule has 4 atom stereocenters. The number of hydrogen-bond acceptors (Lipinski definition) is 4. The Balaban J connectivity index is 2.44. The summed E-state index contributed by atoms with van der Waals surface area (Å²) in [6.45, 7) is 7.20. The first-order valence-corrected chi connectivity index (χ1v) is 7.36. The summed E-state index contributed by atoms with van der Waals surface area (Å²) in [4.78, 5) is 0. The summed E-state index contributed by atoms with van der Waals surface area (Å²) in [7, 11) is -2.45. The lowest BCUT2D eigenvalue weighted by atomic mass is 10.00. The van der Waals surface area contributed by atoms with Gasteiger partial charge in [0.2, 0.25) is 0 Å². The lowest BCUT2D eigenvalue weighted by molar-refractivity contribution is 0.00397. The van der Waals surface area contributed by atoms with Crippen LogP contribution in [0, 0.1) is 5.92 Å². The molecule has 1 fully saturated rings. The van der Waals surface area contributed by atoms with Gasteiger partial charge in [0.05, 0.1) is 24.9 Å². The molecule has 1 heterocycles. The van der Waals surface area contributed by atoms with Gasteiger partial charge in [-0.25, -0.2) is 0 Å². The molecule has 0 amide bonds. The quantitative estimate of drug-likeness (QED) is 0.732. The molecule has 0 aromatic heterocycles. The molecule has 14 heavy (non-hydrogen) atoms. The first-order chi connectivity index (χ1) is 6.31. The van der Waals surface area contributed by atoms with Gasteiger partial charge in [-0.1, -0.05) is 6.92 Å². The summed E-state index contributed by atoms with van der Waals surface area (Å²) in [6.07, 6.45) is -0.753. The number of hydrogen-bond donors (Lipinski definition) is 1. The normalized spacial score (nSPS) is 38.9. The van der Waals surface area contributed by atoms with Gasteiger partial charge in [-0.15, -0.1) is 0 Å². The Bertz CT molecular complexity index is 237. The van der Waals surface area contributed by atoms with E-state index in [2.05, 4.69) is 0 Å². The standard InChI is InChI=1S/C9H19O4P/c1-6-8(5-12-14(3,4)11)13-7(2)9(6)10/h6-10H,5H2,1-4H3/t6?,7-,8+,9-/m0/s1. The molecule has 1 aliphatic rings. The monoisotopic (exact) mass is 222 g/mol. The highest BCUT2D eigenvalue weighted by Crippen LogP contribution is 2.39. The first kappa shape index (κ1) is 12.2. The molecule has 0 aliphatic carbocycles. The van der Waals surface area contributed by atoms with Crippen molar-refractivity contribution in [2.75, 3.05) is 19.9 Å². The van der Waals surface area contributed by atoms with Crippen LogP contribution >= 0.6 is 7.37 Å². The molecular formula is C9H19O4P. The highest BCUT2D eigenvalue weighted by atomic mass is 31.2. The van der Waals surface area contributed by atoms with E-state index >= 15 is 0 Å². The van der Waals surface area contributed by atoms with E-state index in [9.17, 15) is 9.67 Å². The molecule has 1 N–H and O–H groups in total. The van der Waals surface area contributed by atoms with Gasteiger partial charge >= 0.3 is 0 Å². The van der Waals surface area contributed by atoms with E-state index in [0.717, 1.165) is 0 Å². The van der Waals surface area contributed by atoms with Crippen LogP contribution in [-0.2, 0) is 13.8 Å². The highest BCUT2D eigenvalue weighted by Gasteiger charge is 2.38. The van der Waals surface area contributed by atoms with E-state index in [4.69, 9.17) is 9.26 Å². The predicted octanol–water partition coefficient (Wildman–Crippen LogP) is 1.32. The van der Waals surface area contributed by atoms with Crippen LogP contribution in [0.2, 0.25) is 0 Å². The van der Waals surface area contributed by atoms with E-state index in [1.54, 1.807) is 13.3 Å². The van der Waals surface area contributed by atoms with Gasteiger partial charge < -0.3 is 14.4 Å². The Kier molecular flexibility index (Phi) is 3.75. The van der Waals surface area contributed by atoms with Crippen molar-refractivity contribution in [2.24, 2.45) is 5.92 Å². The van der Waals surface area contributed by atoms with Gasteiger partial charge in [0, 0.05) is 19.2 Å². The minimum absolute atomic E-state index is 0.0385. The van der Waals surface area contributed by atoms with Gasteiger partial charge in [0.1, 0.15) is 0 Å². The van der Waals surface area contributed by atoms with Crippen molar-refractivity contribution in [1.29, 1.82) is 0 Å². The average Bonchev–Trinajstić information content (AvgIpc) is 2.28. The maximum Gasteiger partial charge on any atom is 0.197 e. The molecule has 5 heteroatoms. The minimum Gasteiger partial charge on any atom is -0.390 e. The van der Waals surface area contributed by atoms with Gasteiger partial charge in [0.15, 0.2) is 7.37 Å². The first-order valence-electron chi connectivity index (χ1n) is 4.84. The largest absolute Gasteiger partial charge is 0.390 e. The van der Waals surface area contributed by atoms with Crippen LogP contribution in [0.25, 0.3) is 0 Å². The second-order valence-electron chi connectivity index (χ2n) is 4.28. The molecule has 0 saturated carbocycles. The van der Waals surface area contributed by atoms with Crippen molar-refractivity contribution in [3.8, 4) is 0 Å².